The van der Waals surface area contributed by atoms with E-state index in [0.29, 0.717) is 23.1 Å². The Labute approximate surface area is 324 Å². The molecule has 2 aromatic heterocycles. The van der Waals surface area contributed by atoms with Crippen LogP contribution in [0.3, 0.4) is 0 Å². The van der Waals surface area contributed by atoms with Crippen molar-refractivity contribution in [2.75, 3.05) is 4.90 Å². The van der Waals surface area contributed by atoms with E-state index in [1.54, 1.807) is 0 Å². The van der Waals surface area contributed by atoms with Crippen molar-refractivity contribution in [2.45, 2.75) is 0 Å². The van der Waals surface area contributed by atoms with Gasteiger partial charge in [0.15, 0.2) is 17.5 Å². The van der Waals surface area contributed by atoms with E-state index in [9.17, 15) is 0 Å². The number of hydrogen-bond donors (Lipinski definition) is 0. The molecule has 0 fully saturated rings. The van der Waals surface area contributed by atoms with Gasteiger partial charge in [-0.1, -0.05) is 164 Å². The first-order chi connectivity index (χ1) is 27.8. The Morgan fingerprint density at radius 1 is 0.339 bits per heavy atom. The minimum Gasteiger partial charge on any atom is -0.455 e. The first-order valence-corrected chi connectivity index (χ1v) is 18.7. The molecule has 0 spiro atoms. The van der Waals surface area contributed by atoms with E-state index in [1.165, 1.54) is 11.1 Å². The number of para-hydroxylation sites is 1. The fourth-order valence-electron chi connectivity index (χ4n) is 7.40. The molecular weight excluding hydrogens is 685 g/mol. The van der Waals surface area contributed by atoms with Gasteiger partial charge in [-0.2, -0.15) is 0 Å². The summed E-state index contributed by atoms with van der Waals surface area (Å²) < 4.78 is 6.82. The monoisotopic (exact) mass is 718 g/mol. The molecule has 0 unspecified atom stereocenters. The first kappa shape index (κ1) is 33.0. The lowest BCUT2D eigenvalue weighted by molar-refractivity contribution is 0.669. The van der Waals surface area contributed by atoms with Gasteiger partial charge in [-0.25, -0.2) is 15.0 Å². The molecule has 0 aliphatic rings. The van der Waals surface area contributed by atoms with Crippen molar-refractivity contribution in [1.82, 2.24) is 15.0 Å². The van der Waals surface area contributed by atoms with Gasteiger partial charge in [0.05, 0.1) is 16.6 Å². The third-order valence-electron chi connectivity index (χ3n) is 10.2. The number of fused-ring (bicyclic) bond motifs is 3. The van der Waals surface area contributed by atoms with Crippen molar-refractivity contribution < 1.29 is 4.42 Å². The third-order valence-corrected chi connectivity index (χ3v) is 10.2. The van der Waals surface area contributed by atoms with Crippen molar-refractivity contribution in [2.24, 2.45) is 0 Å². The normalized spacial score (nSPS) is 11.2. The maximum atomic E-state index is 6.82. The van der Waals surface area contributed by atoms with E-state index in [-0.39, 0.29) is 0 Å². The molecule has 10 aromatic rings. The molecule has 0 N–H and O–H groups in total. The van der Waals surface area contributed by atoms with Crippen LogP contribution in [-0.2, 0) is 0 Å². The summed E-state index contributed by atoms with van der Waals surface area (Å²) in [5.41, 5.74) is 11.8. The Balaban J connectivity index is 1.19. The lowest BCUT2D eigenvalue weighted by atomic mass is 10.0. The highest BCUT2D eigenvalue weighted by Gasteiger charge is 2.24. The number of furan rings is 1. The van der Waals surface area contributed by atoms with Crippen LogP contribution in [0.5, 0.6) is 0 Å². The standard InChI is InChI=1S/C51H34N4O/c1-5-15-35(16-6-1)37-25-29-41(30-26-37)55(42-31-27-38(28-32-42)36-17-7-2-8-18-36)45-34-33-44(48-47(45)43-23-13-14-24-46(43)56-48)51-53-49(39-19-9-3-10-20-39)52-50(54-51)40-21-11-4-12-22-40/h1-34H. The molecule has 0 aliphatic heterocycles. The maximum Gasteiger partial charge on any atom is 0.167 e. The molecule has 5 nitrogen and oxygen atoms in total. The predicted molar refractivity (Wildman–Crippen MR) is 229 cm³/mol. The highest BCUT2D eigenvalue weighted by Crippen LogP contribution is 2.46. The van der Waals surface area contributed by atoms with Crippen LogP contribution in [0.2, 0.25) is 0 Å². The Morgan fingerprint density at radius 2 is 0.750 bits per heavy atom. The lowest BCUT2D eigenvalue weighted by Crippen LogP contribution is -2.10. The Hall–Kier alpha value is -7.63. The van der Waals surface area contributed by atoms with Gasteiger partial charge in [0.25, 0.3) is 0 Å². The number of benzene rings is 8. The third kappa shape index (κ3) is 6.17. The van der Waals surface area contributed by atoms with Crippen LogP contribution in [-0.4, -0.2) is 15.0 Å². The summed E-state index contributed by atoms with van der Waals surface area (Å²) in [7, 11) is 0. The van der Waals surface area contributed by atoms with Crippen molar-refractivity contribution in [3.8, 4) is 56.4 Å². The molecule has 0 saturated heterocycles. The molecular formula is C51H34N4O. The largest absolute Gasteiger partial charge is 0.455 e. The SMILES string of the molecule is c1ccc(-c2ccc(N(c3ccc(-c4ccccc4)cc3)c3ccc(-c4nc(-c5ccccc5)nc(-c5ccccc5)n4)c4oc5ccccc5c34)cc2)cc1. The van der Waals surface area contributed by atoms with Gasteiger partial charge < -0.3 is 9.32 Å². The summed E-state index contributed by atoms with van der Waals surface area (Å²) in [5.74, 6) is 1.74. The molecule has 0 aliphatic carbocycles. The summed E-state index contributed by atoms with van der Waals surface area (Å²) >= 11 is 0. The van der Waals surface area contributed by atoms with E-state index in [4.69, 9.17) is 19.4 Å². The molecule has 8 aromatic carbocycles. The predicted octanol–water partition coefficient (Wildman–Crippen LogP) is 13.6. The van der Waals surface area contributed by atoms with Gasteiger partial charge in [0.1, 0.15) is 11.2 Å². The number of rotatable bonds is 8. The van der Waals surface area contributed by atoms with Gasteiger partial charge in [0, 0.05) is 27.9 Å². The number of nitrogens with zero attached hydrogens (tertiary/aromatic N) is 4. The average Bonchev–Trinajstić information content (AvgIpc) is 3.68. The molecule has 0 amide bonds. The van der Waals surface area contributed by atoms with E-state index in [1.807, 2.05) is 84.9 Å². The van der Waals surface area contributed by atoms with Crippen LogP contribution in [0.1, 0.15) is 0 Å². The van der Waals surface area contributed by atoms with Crippen LogP contribution in [0.25, 0.3) is 78.4 Å². The van der Waals surface area contributed by atoms with Crippen molar-refractivity contribution in [3.05, 3.63) is 206 Å². The molecule has 0 atom stereocenters. The zero-order valence-corrected chi connectivity index (χ0v) is 30.3. The molecule has 0 radical (unpaired) electrons. The zero-order chi connectivity index (χ0) is 37.3. The summed E-state index contributed by atoms with van der Waals surface area (Å²) in [6, 6.07) is 71.1. The van der Waals surface area contributed by atoms with Gasteiger partial charge >= 0.3 is 0 Å². The smallest absolute Gasteiger partial charge is 0.167 e. The fraction of sp³-hybridized carbons (Fsp3) is 0. The summed E-state index contributed by atoms with van der Waals surface area (Å²) in [6.45, 7) is 0. The van der Waals surface area contributed by atoms with Gasteiger partial charge in [-0.15, -0.1) is 0 Å². The minimum absolute atomic E-state index is 0.541. The second-order valence-corrected chi connectivity index (χ2v) is 13.6. The number of hydrogen-bond acceptors (Lipinski definition) is 5. The lowest BCUT2D eigenvalue weighted by Gasteiger charge is -2.27. The average molecular weight is 719 g/mol. The molecule has 2 heterocycles. The zero-order valence-electron chi connectivity index (χ0n) is 30.3. The van der Waals surface area contributed by atoms with Crippen molar-refractivity contribution in [1.29, 1.82) is 0 Å². The molecule has 56 heavy (non-hydrogen) atoms. The van der Waals surface area contributed by atoms with Gasteiger partial charge in [-0.05, 0) is 64.7 Å². The van der Waals surface area contributed by atoms with Crippen LogP contribution >= 0.6 is 0 Å². The Morgan fingerprint density at radius 3 is 1.25 bits per heavy atom. The first-order valence-electron chi connectivity index (χ1n) is 18.7. The molecule has 0 bridgehead atoms. The quantitative estimate of drug-likeness (QED) is 0.157. The topological polar surface area (TPSA) is 55.1 Å². The summed E-state index contributed by atoms with van der Waals surface area (Å²) in [5, 5.41) is 1.98. The van der Waals surface area contributed by atoms with Crippen molar-refractivity contribution in [3.63, 3.8) is 0 Å². The van der Waals surface area contributed by atoms with E-state index >= 15 is 0 Å². The summed E-state index contributed by atoms with van der Waals surface area (Å²) in [4.78, 5) is 17.4. The van der Waals surface area contributed by atoms with Crippen LogP contribution in [0.15, 0.2) is 211 Å². The highest BCUT2D eigenvalue weighted by atomic mass is 16.3. The minimum atomic E-state index is 0.541. The fourth-order valence-corrected chi connectivity index (χ4v) is 7.40. The van der Waals surface area contributed by atoms with Crippen molar-refractivity contribution >= 4 is 39.0 Å². The number of aromatic nitrogens is 3. The van der Waals surface area contributed by atoms with Crippen LogP contribution in [0.4, 0.5) is 17.1 Å². The van der Waals surface area contributed by atoms with Crippen LogP contribution in [0, 0.1) is 0 Å². The maximum absolute atomic E-state index is 6.82. The van der Waals surface area contributed by atoms with Gasteiger partial charge in [-0.3, -0.25) is 0 Å². The second-order valence-electron chi connectivity index (χ2n) is 13.6. The van der Waals surface area contributed by atoms with E-state index in [2.05, 4.69) is 126 Å². The van der Waals surface area contributed by atoms with Gasteiger partial charge in [0.2, 0.25) is 0 Å². The number of anilines is 3. The van der Waals surface area contributed by atoms with E-state index in [0.717, 1.165) is 61.2 Å². The Kier molecular flexibility index (Phi) is 8.43. The Bertz CT molecular complexity index is 2790. The van der Waals surface area contributed by atoms with E-state index < -0.39 is 0 Å². The molecule has 5 heteroatoms. The highest BCUT2D eigenvalue weighted by molar-refractivity contribution is 6.16. The molecule has 0 saturated carbocycles. The molecule has 10 rings (SSSR count). The second kappa shape index (κ2) is 14.3. The van der Waals surface area contributed by atoms with Crippen LogP contribution < -0.4 is 4.90 Å². The summed E-state index contributed by atoms with van der Waals surface area (Å²) in [6.07, 6.45) is 0. The molecule has 264 valence electrons.